The quantitative estimate of drug-likeness (QED) is 0.828. The minimum absolute atomic E-state index is 0.327. The van der Waals surface area contributed by atoms with E-state index in [1.54, 1.807) is 0 Å². The van der Waals surface area contributed by atoms with Gasteiger partial charge in [0.25, 0.3) is 12.0 Å². The van der Waals surface area contributed by atoms with Gasteiger partial charge in [0.2, 0.25) is 6.39 Å². The van der Waals surface area contributed by atoms with Crippen LogP contribution < -0.4 is 5.56 Å². The molecule has 3 rings (SSSR count). The second-order valence-corrected chi connectivity index (χ2v) is 5.67. The molecule has 7 nitrogen and oxygen atoms in total. The summed E-state index contributed by atoms with van der Waals surface area (Å²) in [6.07, 6.45) is 1.65. The minimum atomic E-state index is -2.72. The van der Waals surface area contributed by atoms with Crippen molar-refractivity contribution >= 4 is 0 Å². The molecule has 0 atom stereocenters. The fourth-order valence-corrected chi connectivity index (χ4v) is 2.76. The summed E-state index contributed by atoms with van der Waals surface area (Å²) in [5, 5.41) is 3.79. The van der Waals surface area contributed by atoms with Gasteiger partial charge in [0.05, 0.1) is 12.9 Å². The van der Waals surface area contributed by atoms with Crippen LogP contribution in [0.25, 0.3) is 0 Å². The first-order valence-electron chi connectivity index (χ1n) is 7.44. The highest BCUT2D eigenvalue weighted by Crippen LogP contribution is 2.20. The van der Waals surface area contributed by atoms with Gasteiger partial charge < -0.3 is 4.52 Å². The van der Waals surface area contributed by atoms with E-state index >= 15 is 0 Å². The van der Waals surface area contributed by atoms with Gasteiger partial charge in [0.15, 0.2) is 5.82 Å². The molecule has 1 fully saturated rings. The number of rotatable bonds is 5. The average Bonchev–Trinajstić information content (AvgIpc) is 3.04. The Kier molecular flexibility index (Phi) is 4.75. The van der Waals surface area contributed by atoms with Crippen molar-refractivity contribution in [3.63, 3.8) is 0 Å². The topological polar surface area (TPSA) is 77.0 Å². The summed E-state index contributed by atoms with van der Waals surface area (Å²) in [6.45, 7) is 2.90. The fraction of sp³-hybridized carbons (Fsp3) is 0.571. The molecular formula is C14H17F2N5O2. The maximum Gasteiger partial charge on any atom is 0.280 e. The Morgan fingerprint density at radius 2 is 2.09 bits per heavy atom. The maximum atomic E-state index is 12.5. The van der Waals surface area contributed by atoms with Crippen molar-refractivity contribution in [2.24, 2.45) is 5.92 Å². The van der Waals surface area contributed by atoms with Gasteiger partial charge in [0, 0.05) is 12.6 Å². The lowest BCUT2D eigenvalue weighted by Crippen LogP contribution is -2.36. The lowest BCUT2D eigenvalue weighted by Gasteiger charge is -2.31. The Hall–Kier alpha value is -2.16. The molecule has 0 radical (unpaired) electrons. The van der Waals surface area contributed by atoms with Gasteiger partial charge in [-0.1, -0.05) is 5.16 Å². The van der Waals surface area contributed by atoms with Crippen molar-refractivity contribution in [2.45, 2.75) is 32.4 Å². The van der Waals surface area contributed by atoms with Crippen molar-refractivity contribution in [1.29, 1.82) is 0 Å². The van der Waals surface area contributed by atoms with Crippen LogP contribution in [0, 0.1) is 5.92 Å². The molecule has 0 aromatic carbocycles. The highest BCUT2D eigenvalue weighted by molar-refractivity contribution is 5.00. The molecular weight excluding hydrogens is 308 g/mol. The monoisotopic (exact) mass is 325 g/mol. The van der Waals surface area contributed by atoms with E-state index in [-0.39, 0.29) is 0 Å². The molecule has 0 amide bonds. The second-order valence-electron chi connectivity index (χ2n) is 5.67. The molecule has 2 aromatic heterocycles. The van der Waals surface area contributed by atoms with Crippen LogP contribution in [-0.4, -0.2) is 37.7 Å². The van der Waals surface area contributed by atoms with Gasteiger partial charge in [-0.15, -0.1) is 0 Å². The molecule has 23 heavy (non-hydrogen) atoms. The third-order valence-corrected chi connectivity index (χ3v) is 4.06. The van der Waals surface area contributed by atoms with E-state index in [0.29, 0.717) is 24.8 Å². The van der Waals surface area contributed by atoms with Crippen LogP contribution >= 0.6 is 0 Å². The predicted octanol–water partition coefficient (Wildman–Crippen LogP) is 1.48. The number of piperidine rings is 1. The van der Waals surface area contributed by atoms with Gasteiger partial charge in [-0.3, -0.25) is 14.3 Å². The number of aromatic nitrogens is 4. The Morgan fingerprint density at radius 3 is 2.70 bits per heavy atom. The molecule has 0 bridgehead atoms. The zero-order valence-electron chi connectivity index (χ0n) is 12.4. The van der Waals surface area contributed by atoms with Gasteiger partial charge in [-0.2, -0.15) is 4.98 Å². The predicted molar refractivity (Wildman–Crippen MR) is 75.8 cm³/mol. The molecule has 1 aliphatic rings. The highest BCUT2D eigenvalue weighted by Gasteiger charge is 2.21. The van der Waals surface area contributed by atoms with E-state index < -0.39 is 17.7 Å². The lowest BCUT2D eigenvalue weighted by atomic mass is 9.96. The number of halogens is 2. The molecule has 0 N–H and O–H groups in total. The molecule has 0 saturated carbocycles. The van der Waals surface area contributed by atoms with Gasteiger partial charge in [-0.25, -0.2) is 13.8 Å². The standard InChI is InChI=1S/C14H17F2N5O2/c15-14(16)11-5-13(22)21(8-17-11)6-10-1-3-20(4-2-10)7-12-18-9-23-19-12/h5,8-10,14H,1-4,6-7H2. The summed E-state index contributed by atoms with van der Waals surface area (Å²) in [5.74, 6) is 0.986. The van der Waals surface area contributed by atoms with Crippen LogP contribution in [0.1, 0.15) is 30.8 Å². The van der Waals surface area contributed by atoms with Crippen LogP contribution in [0.4, 0.5) is 8.78 Å². The smallest absolute Gasteiger partial charge is 0.280 e. The molecule has 1 saturated heterocycles. The van der Waals surface area contributed by atoms with Crippen molar-refractivity contribution in [3.8, 4) is 0 Å². The first-order chi connectivity index (χ1) is 11.1. The van der Waals surface area contributed by atoms with E-state index in [2.05, 4.69) is 20.0 Å². The van der Waals surface area contributed by atoms with E-state index in [9.17, 15) is 13.6 Å². The second kappa shape index (κ2) is 6.95. The van der Waals surface area contributed by atoms with Crippen LogP contribution in [0.2, 0.25) is 0 Å². The van der Waals surface area contributed by atoms with E-state index in [1.807, 2.05) is 0 Å². The van der Waals surface area contributed by atoms with Crippen molar-refractivity contribution in [2.75, 3.05) is 13.1 Å². The first kappa shape index (κ1) is 15.7. The largest absolute Gasteiger partial charge is 0.343 e. The molecule has 0 spiro atoms. The number of hydrogen-bond acceptors (Lipinski definition) is 6. The molecule has 0 aliphatic carbocycles. The number of hydrogen-bond donors (Lipinski definition) is 0. The molecule has 3 heterocycles. The molecule has 1 aliphatic heterocycles. The normalized spacial score (nSPS) is 17.0. The fourth-order valence-electron chi connectivity index (χ4n) is 2.76. The SMILES string of the molecule is O=c1cc(C(F)F)ncn1CC1CCN(Cc2ncon2)CC1. The van der Waals surface area contributed by atoms with Gasteiger partial charge in [-0.05, 0) is 31.8 Å². The number of likely N-dealkylation sites (tertiary alicyclic amines) is 1. The van der Waals surface area contributed by atoms with E-state index in [1.165, 1.54) is 17.3 Å². The Balaban J connectivity index is 1.53. The van der Waals surface area contributed by atoms with Crippen molar-refractivity contribution in [3.05, 3.63) is 40.7 Å². The Labute approximate surface area is 130 Å². The summed E-state index contributed by atoms with van der Waals surface area (Å²) in [7, 11) is 0. The van der Waals surface area contributed by atoms with Crippen LogP contribution in [0.3, 0.4) is 0 Å². The summed E-state index contributed by atoms with van der Waals surface area (Å²) >= 11 is 0. The van der Waals surface area contributed by atoms with Gasteiger partial charge >= 0.3 is 0 Å². The molecule has 2 aromatic rings. The summed E-state index contributed by atoms with van der Waals surface area (Å²) < 4.78 is 31.1. The van der Waals surface area contributed by atoms with E-state index in [0.717, 1.165) is 32.0 Å². The van der Waals surface area contributed by atoms with Crippen molar-refractivity contribution < 1.29 is 13.3 Å². The van der Waals surface area contributed by atoms with Crippen LogP contribution in [-0.2, 0) is 13.1 Å². The highest BCUT2D eigenvalue weighted by atomic mass is 19.3. The summed E-state index contributed by atoms with van der Waals surface area (Å²) in [6, 6.07) is 0.913. The first-order valence-corrected chi connectivity index (χ1v) is 7.44. The van der Waals surface area contributed by atoms with Gasteiger partial charge in [0.1, 0.15) is 5.69 Å². The summed E-state index contributed by atoms with van der Waals surface area (Å²) in [5.41, 5.74) is -0.897. The van der Waals surface area contributed by atoms with E-state index in [4.69, 9.17) is 4.52 Å². The summed E-state index contributed by atoms with van der Waals surface area (Å²) in [4.78, 5) is 21.7. The third-order valence-electron chi connectivity index (χ3n) is 4.06. The van der Waals surface area contributed by atoms with Crippen LogP contribution in [0.5, 0.6) is 0 Å². The lowest BCUT2D eigenvalue weighted by molar-refractivity contribution is 0.144. The molecule has 9 heteroatoms. The zero-order chi connectivity index (χ0) is 16.2. The Morgan fingerprint density at radius 1 is 1.30 bits per heavy atom. The third kappa shape index (κ3) is 3.98. The number of nitrogens with zero attached hydrogens (tertiary/aromatic N) is 5. The minimum Gasteiger partial charge on any atom is -0.343 e. The maximum absolute atomic E-state index is 12.5. The average molecular weight is 325 g/mol. The van der Waals surface area contributed by atoms with Crippen molar-refractivity contribution in [1.82, 2.24) is 24.6 Å². The van der Waals surface area contributed by atoms with Crippen LogP contribution in [0.15, 0.2) is 28.1 Å². The zero-order valence-corrected chi connectivity index (χ0v) is 12.4. The number of alkyl halides is 2. The molecule has 0 unspecified atom stereocenters. The molecule has 124 valence electrons. The Bertz CT molecular complexity index is 681.